The summed E-state index contributed by atoms with van der Waals surface area (Å²) in [5.74, 6) is 1.76. The molecular formula is C15H20BrNO. The van der Waals surface area contributed by atoms with E-state index in [0.717, 1.165) is 22.9 Å². The first-order valence-corrected chi connectivity index (χ1v) is 7.36. The molecule has 2 rings (SSSR count). The van der Waals surface area contributed by atoms with Gasteiger partial charge in [0, 0.05) is 21.6 Å². The fraction of sp³-hybridized carbons (Fsp3) is 0.533. The summed E-state index contributed by atoms with van der Waals surface area (Å²) in [5.41, 5.74) is 7.21. The van der Waals surface area contributed by atoms with Gasteiger partial charge in [0.1, 0.15) is 0 Å². The Morgan fingerprint density at radius 2 is 1.83 bits per heavy atom. The number of ketones is 1. The molecule has 0 amide bonds. The minimum absolute atomic E-state index is 0.180. The van der Waals surface area contributed by atoms with E-state index in [0.29, 0.717) is 17.5 Å². The number of halogens is 1. The zero-order valence-corrected chi connectivity index (χ0v) is 12.5. The maximum atomic E-state index is 12.5. The molecule has 1 aliphatic rings. The van der Waals surface area contributed by atoms with Crippen molar-refractivity contribution in [2.24, 2.45) is 17.8 Å². The predicted octanol–water partition coefficient (Wildman–Crippen LogP) is 4.29. The normalized spacial score (nSPS) is 28.1. The van der Waals surface area contributed by atoms with E-state index < -0.39 is 0 Å². The molecule has 1 saturated carbocycles. The fourth-order valence-corrected chi connectivity index (χ4v) is 3.46. The van der Waals surface area contributed by atoms with E-state index in [1.165, 1.54) is 6.42 Å². The second-order valence-electron chi connectivity index (χ2n) is 5.71. The molecule has 1 aliphatic carbocycles. The van der Waals surface area contributed by atoms with Gasteiger partial charge in [-0.05, 0) is 65.2 Å². The average molecular weight is 310 g/mol. The van der Waals surface area contributed by atoms with Crippen LogP contribution in [0.1, 0.15) is 43.5 Å². The van der Waals surface area contributed by atoms with Gasteiger partial charge in [-0.2, -0.15) is 0 Å². The topological polar surface area (TPSA) is 43.1 Å². The standard InChI is InChI=1S/C15H20BrNO/c1-9-5-10(2)7-12(6-9)15(18)11-3-4-14(17)13(16)8-11/h3-4,8-10,12H,5-7,17H2,1-2H3. The lowest BCUT2D eigenvalue weighted by atomic mass is 9.74. The summed E-state index contributed by atoms with van der Waals surface area (Å²) in [6, 6.07) is 5.49. The van der Waals surface area contributed by atoms with E-state index in [1.54, 1.807) is 6.07 Å². The van der Waals surface area contributed by atoms with Crippen molar-refractivity contribution in [3.05, 3.63) is 28.2 Å². The Hall–Kier alpha value is -0.830. The van der Waals surface area contributed by atoms with Gasteiger partial charge in [0.05, 0.1) is 0 Å². The summed E-state index contributed by atoms with van der Waals surface area (Å²) < 4.78 is 0.810. The highest BCUT2D eigenvalue weighted by Crippen LogP contribution is 2.35. The number of benzene rings is 1. The van der Waals surface area contributed by atoms with E-state index in [4.69, 9.17) is 5.73 Å². The molecule has 0 bridgehead atoms. The third-order valence-electron chi connectivity index (χ3n) is 3.83. The van der Waals surface area contributed by atoms with Crippen LogP contribution >= 0.6 is 15.9 Å². The molecule has 0 aromatic heterocycles. The molecule has 2 N–H and O–H groups in total. The number of rotatable bonds is 2. The molecule has 0 radical (unpaired) electrons. The molecule has 2 nitrogen and oxygen atoms in total. The van der Waals surface area contributed by atoms with Gasteiger partial charge in [0.15, 0.2) is 5.78 Å². The van der Waals surface area contributed by atoms with Crippen molar-refractivity contribution in [1.82, 2.24) is 0 Å². The number of nitrogen functional groups attached to an aromatic ring is 1. The van der Waals surface area contributed by atoms with Crippen molar-refractivity contribution in [2.75, 3.05) is 5.73 Å². The number of hydrogen-bond acceptors (Lipinski definition) is 2. The zero-order chi connectivity index (χ0) is 13.3. The Bertz CT molecular complexity index is 448. The number of carbonyl (C=O) groups excluding carboxylic acids is 1. The lowest BCUT2D eigenvalue weighted by Crippen LogP contribution is -2.26. The molecular weight excluding hydrogens is 290 g/mol. The van der Waals surface area contributed by atoms with Crippen LogP contribution in [0.25, 0.3) is 0 Å². The van der Waals surface area contributed by atoms with Crippen LogP contribution < -0.4 is 5.73 Å². The number of carbonyl (C=O) groups is 1. The molecule has 0 heterocycles. The van der Waals surface area contributed by atoms with E-state index in [9.17, 15) is 4.79 Å². The predicted molar refractivity (Wildman–Crippen MR) is 78.6 cm³/mol. The summed E-state index contributed by atoms with van der Waals surface area (Å²) in [4.78, 5) is 12.5. The summed E-state index contributed by atoms with van der Waals surface area (Å²) in [6.45, 7) is 4.49. The third-order valence-corrected chi connectivity index (χ3v) is 4.52. The monoisotopic (exact) mass is 309 g/mol. The van der Waals surface area contributed by atoms with Crippen molar-refractivity contribution in [2.45, 2.75) is 33.1 Å². The first-order chi connectivity index (χ1) is 8.47. The van der Waals surface area contributed by atoms with Gasteiger partial charge in [-0.3, -0.25) is 4.79 Å². The molecule has 3 heteroatoms. The van der Waals surface area contributed by atoms with Crippen molar-refractivity contribution >= 4 is 27.4 Å². The molecule has 98 valence electrons. The van der Waals surface area contributed by atoms with Gasteiger partial charge in [-0.15, -0.1) is 0 Å². The molecule has 0 aliphatic heterocycles. The molecule has 2 unspecified atom stereocenters. The summed E-state index contributed by atoms with van der Waals surface area (Å²) >= 11 is 3.38. The first-order valence-electron chi connectivity index (χ1n) is 6.56. The Balaban J connectivity index is 2.17. The Labute approximate surface area is 117 Å². The van der Waals surface area contributed by atoms with Crippen LogP contribution in [0.2, 0.25) is 0 Å². The highest BCUT2D eigenvalue weighted by Gasteiger charge is 2.29. The molecule has 2 atom stereocenters. The first kappa shape index (κ1) is 13.6. The molecule has 0 saturated heterocycles. The smallest absolute Gasteiger partial charge is 0.166 e. The molecule has 18 heavy (non-hydrogen) atoms. The number of anilines is 1. The Kier molecular flexibility index (Phi) is 4.10. The van der Waals surface area contributed by atoms with Crippen LogP contribution in [0.3, 0.4) is 0 Å². The molecule has 1 fully saturated rings. The fourth-order valence-electron chi connectivity index (χ4n) is 3.08. The van der Waals surface area contributed by atoms with Gasteiger partial charge in [-0.25, -0.2) is 0 Å². The van der Waals surface area contributed by atoms with E-state index >= 15 is 0 Å². The van der Waals surface area contributed by atoms with Crippen LogP contribution in [0.15, 0.2) is 22.7 Å². The van der Waals surface area contributed by atoms with E-state index in [-0.39, 0.29) is 11.7 Å². The van der Waals surface area contributed by atoms with Crippen molar-refractivity contribution < 1.29 is 4.79 Å². The Morgan fingerprint density at radius 3 is 2.39 bits per heavy atom. The minimum atomic E-state index is 0.180. The highest BCUT2D eigenvalue weighted by atomic mass is 79.9. The highest BCUT2D eigenvalue weighted by molar-refractivity contribution is 9.10. The Morgan fingerprint density at radius 1 is 1.22 bits per heavy atom. The average Bonchev–Trinajstić information content (AvgIpc) is 2.30. The summed E-state index contributed by atoms with van der Waals surface area (Å²) in [5, 5.41) is 0. The molecule has 1 aromatic rings. The number of nitrogens with two attached hydrogens (primary N) is 1. The third kappa shape index (κ3) is 2.94. The zero-order valence-electron chi connectivity index (χ0n) is 10.9. The van der Waals surface area contributed by atoms with E-state index in [2.05, 4.69) is 29.8 Å². The maximum Gasteiger partial charge on any atom is 0.166 e. The van der Waals surface area contributed by atoms with Gasteiger partial charge in [-0.1, -0.05) is 13.8 Å². The lowest BCUT2D eigenvalue weighted by molar-refractivity contribution is 0.0836. The minimum Gasteiger partial charge on any atom is -0.398 e. The van der Waals surface area contributed by atoms with Crippen LogP contribution in [-0.4, -0.2) is 5.78 Å². The summed E-state index contributed by atoms with van der Waals surface area (Å²) in [6.07, 6.45) is 3.28. The van der Waals surface area contributed by atoms with Crippen molar-refractivity contribution in [1.29, 1.82) is 0 Å². The van der Waals surface area contributed by atoms with Crippen molar-refractivity contribution in [3.8, 4) is 0 Å². The van der Waals surface area contributed by atoms with Crippen LogP contribution in [0.4, 0.5) is 5.69 Å². The van der Waals surface area contributed by atoms with Crippen LogP contribution in [0.5, 0.6) is 0 Å². The van der Waals surface area contributed by atoms with Crippen molar-refractivity contribution in [3.63, 3.8) is 0 Å². The van der Waals surface area contributed by atoms with Crippen LogP contribution in [0, 0.1) is 17.8 Å². The summed E-state index contributed by atoms with van der Waals surface area (Å²) in [7, 11) is 0. The van der Waals surface area contributed by atoms with Gasteiger partial charge < -0.3 is 5.73 Å². The SMILES string of the molecule is CC1CC(C)CC(C(=O)c2ccc(N)c(Br)c2)C1. The number of hydrogen-bond donors (Lipinski definition) is 1. The quantitative estimate of drug-likeness (QED) is 0.654. The second kappa shape index (κ2) is 5.43. The largest absolute Gasteiger partial charge is 0.398 e. The van der Waals surface area contributed by atoms with Gasteiger partial charge >= 0.3 is 0 Å². The molecule has 1 aromatic carbocycles. The molecule has 0 spiro atoms. The number of Topliss-reactive ketones (excluding diaryl/α,β-unsaturated/α-hetero) is 1. The van der Waals surface area contributed by atoms with Crippen LogP contribution in [-0.2, 0) is 0 Å². The van der Waals surface area contributed by atoms with E-state index in [1.807, 2.05) is 12.1 Å². The lowest BCUT2D eigenvalue weighted by Gasteiger charge is -2.30. The second-order valence-corrected chi connectivity index (χ2v) is 6.57. The van der Waals surface area contributed by atoms with Gasteiger partial charge in [0.25, 0.3) is 0 Å². The van der Waals surface area contributed by atoms with Gasteiger partial charge in [0.2, 0.25) is 0 Å². The maximum absolute atomic E-state index is 12.5.